The van der Waals surface area contributed by atoms with E-state index < -0.39 is 5.97 Å². The van der Waals surface area contributed by atoms with Crippen molar-refractivity contribution in [2.45, 2.75) is 19.8 Å². The van der Waals surface area contributed by atoms with Crippen molar-refractivity contribution in [2.75, 3.05) is 13.7 Å². The molecule has 0 amide bonds. The lowest BCUT2D eigenvalue weighted by atomic mass is 10.1. The molecular formula is C15H16BrNO3. The summed E-state index contributed by atoms with van der Waals surface area (Å²) in [5.74, 6) is 0.0964. The number of unbranched alkanes of at least 4 members (excludes halogenated alkanes) is 1. The summed E-state index contributed by atoms with van der Waals surface area (Å²) in [6, 6.07) is 7.16. The lowest BCUT2D eigenvalue weighted by Gasteiger charge is -2.05. The van der Waals surface area contributed by atoms with E-state index in [1.54, 1.807) is 25.3 Å². The molecule has 0 aliphatic heterocycles. The van der Waals surface area contributed by atoms with Crippen LogP contribution in [0.4, 0.5) is 0 Å². The Hall–Kier alpha value is -1.80. The zero-order chi connectivity index (χ0) is 15.0. The Labute approximate surface area is 127 Å². The third kappa shape index (κ3) is 4.71. The number of hydrogen-bond donors (Lipinski definition) is 0. The fourth-order valence-electron chi connectivity index (χ4n) is 1.46. The van der Waals surface area contributed by atoms with E-state index in [2.05, 4.69) is 15.9 Å². The Morgan fingerprint density at radius 1 is 1.50 bits per heavy atom. The van der Waals surface area contributed by atoms with Crippen LogP contribution in [0.2, 0.25) is 0 Å². The fourth-order valence-corrected chi connectivity index (χ4v) is 2.02. The Morgan fingerprint density at radius 2 is 2.25 bits per heavy atom. The predicted molar refractivity (Wildman–Crippen MR) is 80.2 cm³/mol. The molecule has 1 rings (SSSR count). The van der Waals surface area contributed by atoms with E-state index in [4.69, 9.17) is 14.7 Å². The van der Waals surface area contributed by atoms with E-state index >= 15 is 0 Å². The molecule has 0 radical (unpaired) electrons. The first-order valence-electron chi connectivity index (χ1n) is 6.24. The van der Waals surface area contributed by atoms with Crippen LogP contribution in [0, 0.1) is 11.3 Å². The van der Waals surface area contributed by atoms with Crippen molar-refractivity contribution in [2.24, 2.45) is 0 Å². The summed E-state index contributed by atoms with van der Waals surface area (Å²) in [6.07, 6.45) is 3.22. The first-order chi connectivity index (χ1) is 9.62. The molecule has 0 aliphatic carbocycles. The number of hydrogen-bond acceptors (Lipinski definition) is 4. The minimum atomic E-state index is -0.590. The van der Waals surface area contributed by atoms with Gasteiger partial charge >= 0.3 is 5.97 Å². The summed E-state index contributed by atoms with van der Waals surface area (Å²) in [6.45, 7) is 2.34. The molecule has 4 nitrogen and oxygen atoms in total. The van der Waals surface area contributed by atoms with Gasteiger partial charge in [-0.05, 0) is 46.1 Å². The minimum absolute atomic E-state index is 0.0156. The number of carbonyl (C=O) groups excluding carboxylic acids is 1. The number of esters is 1. The van der Waals surface area contributed by atoms with Crippen LogP contribution in [0.25, 0.3) is 6.08 Å². The highest BCUT2D eigenvalue weighted by molar-refractivity contribution is 9.10. The van der Waals surface area contributed by atoms with Crippen LogP contribution in [-0.4, -0.2) is 19.7 Å². The molecule has 0 unspecified atom stereocenters. The van der Waals surface area contributed by atoms with Crippen LogP contribution in [0.3, 0.4) is 0 Å². The first kappa shape index (κ1) is 16.3. The van der Waals surface area contributed by atoms with Gasteiger partial charge in [-0.15, -0.1) is 0 Å². The maximum Gasteiger partial charge on any atom is 0.348 e. The topological polar surface area (TPSA) is 59.3 Å². The van der Waals surface area contributed by atoms with Crippen molar-refractivity contribution in [3.05, 3.63) is 33.8 Å². The fraction of sp³-hybridized carbons (Fsp3) is 0.333. The van der Waals surface area contributed by atoms with Gasteiger partial charge in [-0.3, -0.25) is 0 Å². The van der Waals surface area contributed by atoms with E-state index in [-0.39, 0.29) is 5.57 Å². The van der Waals surface area contributed by atoms with E-state index in [1.807, 2.05) is 13.0 Å². The minimum Gasteiger partial charge on any atom is -0.496 e. The number of benzene rings is 1. The van der Waals surface area contributed by atoms with Gasteiger partial charge < -0.3 is 9.47 Å². The zero-order valence-corrected chi connectivity index (χ0v) is 13.1. The maximum absolute atomic E-state index is 11.7. The lowest BCUT2D eigenvalue weighted by Crippen LogP contribution is -2.07. The van der Waals surface area contributed by atoms with Crippen molar-refractivity contribution in [1.82, 2.24) is 0 Å². The molecule has 106 valence electrons. The Bertz CT molecular complexity index is 547. The standard InChI is InChI=1S/C15H16BrNO3/c1-3-4-7-20-15(18)12(10-17)8-11-5-6-14(19-2)13(16)9-11/h5-6,8-9H,3-4,7H2,1-2H3. The Kier molecular flexibility index (Phi) is 6.82. The SMILES string of the molecule is CCCCOC(=O)C(C#N)=Cc1ccc(OC)c(Br)c1. The van der Waals surface area contributed by atoms with Gasteiger partial charge in [0, 0.05) is 0 Å². The van der Waals surface area contributed by atoms with Crippen LogP contribution < -0.4 is 4.74 Å². The van der Waals surface area contributed by atoms with Gasteiger partial charge in [0.1, 0.15) is 17.4 Å². The molecule has 1 aromatic rings. The van der Waals surface area contributed by atoms with Gasteiger partial charge in [-0.25, -0.2) is 4.79 Å². The predicted octanol–water partition coefficient (Wildman–Crippen LogP) is 3.71. The van der Waals surface area contributed by atoms with Gasteiger partial charge in [0.15, 0.2) is 0 Å². The quantitative estimate of drug-likeness (QED) is 0.343. The molecule has 0 fully saturated rings. The molecule has 20 heavy (non-hydrogen) atoms. The molecule has 5 heteroatoms. The number of nitrogens with zero attached hydrogens (tertiary/aromatic N) is 1. The normalized spacial score (nSPS) is 10.8. The van der Waals surface area contributed by atoms with Gasteiger partial charge in [0.05, 0.1) is 18.2 Å². The van der Waals surface area contributed by atoms with Crippen LogP contribution in [0.1, 0.15) is 25.3 Å². The maximum atomic E-state index is 11.7. The van der Waals surface area contributed by atoms with E-state index in [0.29, 0.717) is 12.4 Å². The van der Waals surface area contributed by atoms with Gasteiger partial charge in [-0.2, -0.15) is 5.26 Å². The van der Waals surface area contributed by atoms with Crippen LogP contribution >= 0.6 is 15.9 Å². The van der Waals surface area contributed by atoms with E-state index in [1.165, 1.54) is 6.08 Å². The molecule has 0 heterocycles. The average Bonchev–Trinajstić information content (AvgIpc) is 2.45. The van der Waals surface area contributed by atoms with E-state index in [0.717, 1.165) is 22.9 Å². The van der Waals surface area contributed by atoms with Gasteiger partial charge in [-0.1, -0.05) is 19.4 Å². The van der Waals surface area contributed by atoms with Crippen molar-refractivity contribution in [3.8, 4) is 11.8 Å². The largest absolute Gasteiger partial charge is 0.496 e. The highest BCUT2D eigenvalue weighted by Crippen LogP contribution is 2.26. The number of methoxy groups -OCH3 is 1. The second-order valence-corrected chi connectivity index (χ2v) is 4.91. The number of carbonyl (C=O) groups is 1. The highest BCUT2D eigenvalue weighted by atomic mass is 79.9. The summed E-state index contributed by atoms with van der Waals surface area (Å²) in [7, 11) is 1.57. The molecule has 0 aromatic heterocycles. The Morgan fingerprint density at radius 3 is 2.80 bits per heavy atom. The summed E-state index contributed by atoms with van der Waals surface area (Å²) >= 11 is 3.35. The van der Waals surface area contributed by atoms with Crippen molar-refractivity contribution < 1.29 is 14.3 Å². The van der Waals surface area contributed by atoms with Crippen molar-refractivity contribution in [3.63, 3.8) is 0 Å². The molecule has 0 atom stereocenters. The summed E-state index contributed by atoms with van der Waals surface area (Å²) in [5.41, 5.74) is 0.708. The Balaban J connectivity index is 2.86. The van der Waals surface area contributed by atoms with Crippen molar-refractivity contribution >= 4 is 28.0 Å². The molecule has 0 bridgehead atoms. The summed E-state index contributed by atoms with van der Waals surface area (Å²) < 4.78 is 10.9. The smallest absolute Gasteiger partial charge is 0.348 e. The number of rotatable bonds is 6. The molecular weight excluding hydrogens is 322 g/mol. The monoisotopic (exact) mass is 337 g/mol. The average molecular weight is 338 g/mol. The second-order valence-electron chi connectivity index (χ2n) is 4.05. The van der Waals surface area contributed by atoms with Crippen LogP contribution in [0.15, 0.2) is 28.2 Å². The number of ether oxygens (including phenoxy) is 2. The van der Waals surface area contributed by atoms with Crippen molar-refractivity contribution in [1.29, 1.82) is 5.26 Å². The number of nitriles is 1. The van der Waals surface area contributed by atoms with Gasteiger partial charge in [0.2, 0.25) is 0 Å². The van der Waals surface area contributed by atoms with Crippen LogP contribution in [0.5, 0.6) is 5.75 Å². The summed E-state index contributed by atoms with van der Waals surface area (Å²) in [4.78, 5) is 11.7. The molecule has 0 aliphatic rings. The van der Waals surface area contributed by atoms with Crippen LogP contribution in [-0.2, 0) is 9.53 Å². The second kappa shape index (κ2) is 8.39. The third-order valence-electron chi connectivity index (χ3n) is 2.56. The zero-order valence-electron chi connectivity index (χ0n) is 11.5. The lowest BCUT2D eigenvalue weighted by molar-refractivity contribution is -0.138. The van der Waals surface area contributed by atoms with E-state index in [9.17, 15) is 4.79 Å². The molecule has 1 aromatic carbocycles. The van der Waals surface area contributed by atoms with Gasteiger partial charge in [0.25, 0.3) is 0 Å². The summed E-state index contributed by atoms with van der Waals surface area (Å²) in [5, 5.41) is 9.03. The first-order valence-corrected chi connectivity index (χ1v) is 7.04. The molecule has 0 spiro atoms. The molecule has 0 saturated heterocycles. The molecule has 0 N–H and O–H groups in total. The number of halogens is 1. The molecule has 0 saturated carbocycles. The highest BCUT2D eigenvalue weighted by Gasteiger charge is 2.11. The third-order valence-corrected chi connectivity index (χ3v) is 3.18.